The van der Waals surface area contributed by atoms with E-state index in [0.29, 0.717) is 18.8 Å². The molecule has 0 atom stereocenters. The molecule has 1 fully saturated rings. The molecule has 0 N–H and O–H groups in total. The number of aryl methyl sites for hydroxylation is 2. The first-order chi connectivity index (χ1) is 16.7. The molecule has 7 heteroatoms. The van der Waals surface area contributed by atoms with Crippen LogP contribution in [-0.4, -0.2) is 30.5 Å². The summed E-state index contributed by atoms with van der Waals surface area (Å²) in [6.07, 6.45) is -0.948. The molecule has 35 heavy (non-hydrogen) atoms. The summed E-state index contributed by atoms with van der Waals surface area (Å²) in [6.45, 7) is 19.4. The van der Waals surface area contributed by atoms with Crippen molar-refractivity contribution < 1.29 is 13.2 Å². The second kappa shape index (κ2) is 18.0. The summed E-state index contributed by atoms with van der Waals surface area (Å²) in [5.74, 6) is 0. The largest absolute Gasteiger partial charge is 0.416 e. The van der Waals surface area contributed by atoms with Gasteiger partial charge in [0.1, 0.15) is 0 Å². The Labute approximate surface area is 221 Å². The zero-order valence-electron chi connectivity index (χ0n) is 22.7. The molecule has 2 aromatic carbocycles. The van der Waals surface area contributed by atoms with Crippen molar-refractivity contribution in [3.8, 4) is 0 Å². The topological polar surface area (TPSA) is 6.48 Å². The van der Waals surface area contributed by atoms with Crippen LogP contribution in [0.2, 0.25) is 5.02 Å². The first-order valence-electron chi connectivity index (χ1n) is 12.8. The number of benzene rings is 2. The molecule has 1 aliphatic heterocycles. The highest BCUT2D eigenvalue weighted by atomic mass is 35.5. The molecule has 1 heterocycles. The number of piperazine rings is 1. The Hall–Kier alpha value is -1.37. The summed E-state index contributed by atoms with van der Waals surface area (Å²) < 4.78 is 41.4. The Balaban J connectivity index is 0.00000150. The average molecular weight is 533 g/mol. The highest BCUT2D eigenvalue weighted by molar-refractivity contribution is 7.97. The van der Waals surface area contributed by atoms with Gasteiger partial charge in [0.25, 0.3) is 0 Å². The molecular weight excluding hydrogens is 489 g/mol. The summed E-state index contributed by atoms with van der Waals surface area (Å²) in [5.41, 5.74) is 2.53. The van der Waals surface area contributed by atoms with Crippen molar-refractivity contribution in [2.24, 2.45) is 0 Å². The van der Waals surface area contributed by atoms with Crippen molar-refractivity contribution in [1.82, 2.24) is 4.31 Å². The predicted molar refractivity (Wildman–Crippen MR) is 150 cm³/mol. The van der Waals surface area contributed by atoms with E-state index in [4.69, 9.17) is 11.6 Å². The van der Waals surface area contributed by atoms with E-state index in [9.17, 15) is 13.2 Å². The molecule has 0 amide bonds. The van der Waals surface area contributed by atoms with Crippen molar-refractivity contribution in [1.29, 1.82) is 0 Å². The number of alkyl halides is 3. The fourth-order valence-corrected chi connectivity index (χ4v) is 4.55. The number of hydrogen-bond acceptors (Lipinski definition) is 3. The zero-order valence-corrected chi connectivity index (χ0v) is 24.3. The summed E-state index contributed by atoms with van der Waals surface area (Å²) in [4.78, 5) is 3.18. The van der Waals surface area contributed by atoms with Gasteiger partial charge in [-0.1, -0.05) is 79.0 Å². The minimum absolute atomic E-state index is 0.115. The highest BCUT2D eigenvalue weighted by Gasteiger charge is 2.32. The van der Waals surface area contributed by atoms with Crippen LogP contribution in [0.5, 0.6) is 0 Å². The van der Waals surface area contributed by atoms with Crippen molar-refractivity contribution in [3.05, 3.63) is 58.1 Å². The smallest absolute Gasteiger partial charge is 0.369 e. The maximum absolute atomic E-state index is 13.0. The quantitative estimate of drug-likeness (QED) is 0.354. The number of rotatable bonds is 5. The third-order valence-corrected chi connectivity index (χ3v) is 6.19. The fourth-order valence-electron chi connectivity index (χ4n) is 3.35. The van der Waals surface area contributed by atoms with E-state index in [1.54, 1.807) is 18.0 Å². The van der Waals surface area contributed by atoms with Gasteiger partial charge in [-0.25, -0.2) is 4.31 Å². The minimum atomic E-state index is -4.39. The van der Waals surface area contributed by atoms with Crippen LogP contribution >= 0.6 is 23.5 Å². The molecule has 2 aromatic rings. The van der Waals surface area contributed by atoms with Gasteiger partial charge in [-0.15, -0.1) is 0 Å². The van der Waals surface area contributed by atoms with E-state index in [1.165, 1.54) is 28.5 Å². The lowest BCUT2D eigenvalue weighted by Gasteiger charge is -2.35. The van der Waals surface area contributed by atoms with Crippen LogP contribution in [0.3, 0.4) is 0 Å². The van der Waals surface area contributed by atoms with Crippen molar-refractivity contribution >= 4 is 29.2 Å². The molecular formula is C28H44ClF3N2S. The summed E-state index contributed by atoms with van der Waals surface area (Å²) in [7, 11) is 0. The minimum Gasteiger partial charge on any atom is -0.369 e. The van der Waals surface area contributed by atoms with Crippen molar-refractivity contribution in [2.75, 3.05) is 31.1 Å². The molecule has 0 spiro atoms. The molecule has 0 saturated carbocycles. The van der Waals surface area contributed by atoms with Gasteiger partial charge < -0.3 is 4.90 Å². The van der Waals surface area contributed by atoms with Gasteiger partial charge >= 0.3 is 6.18 Å². The van der Waals surface area contributed by atoms with E-state index in [2.05, 4.69) is 50.2 Å². The van der Waals surface area contributed by atoms with E-state index in [0.717, 1.165) is 32.0 Å². The molecule has 0 unspecified atom stereocenters. The average Bonchev–Trinajstić information content (AvgIpc) is 2.84. The third kappa shape index (κ3) is 11.9. The summed E-state index contributed by atoms with van der Waals surface area (Å²) in [5, 5.41) is 0.115. The Morgan fingerprint density at radius 2 is 1.46 bits per heavy atom. The van der Waals surface area contributed by atoms with Gasteiger partial charge in [0.05, 0.1) is 5.56 Å². The van der Waals surface area contributed by atoms with E-state index < -0.39 is 11.7 Å². The Bertz CT molecular complexity index is 835. The SMILES string of the molecule is CC.CC.CCC.CCCc1cc(SN2CCN(c3cc(Cl)cc(C(F)(F)F)c3)CC2)ccc1C. The van der Waals surface area contributed by atoms with Crippen LogP contribution < -0.4 is 4.90 Å². The summed E-state index contributed by atoms with van der Waals surface area (Å²) in [6, 6.07) is 10.3. The Morgan fingerprint density at radius 1 is 0.886 bits per heavy atom. The second-order valence-corrected chi connectivity index (χ2v) is 9.36. The number of halogens is 4. The zero-order chi connectivity index (χ0) is 27.0. The van der Waals surface area contributed by atoms with Gasteiger partial charge in [0.2, 0.25) is 0 Å². The van der Waals surface area contributed by atoms with Gasteiger partial charge in [0, 0.05) is 41.8 Å². The maximum atomic E-state index is 13.0. The molecule has 1 aliphatic rings. The lowest BCUT2D eigenvalue weighted by Crippen LogP contribution is -2.43. The molecule has 1 saturated heterocycles. The highest BCUT2D eigenvalue weighted by Crippen LogP contribution is 2.35. The van der Waals surface area contributed by atoms with Crippen LogP contribution in [0.1, 0.15) is 78.0 Å². The van der Waals surface area contributed by atoms with Gasteiger partial charge in [-0.3, -0.25) is 0 Å². The lowest BCUT2D eigenvalue weighted by molar-refractivity contribution is -0.137. The van der Waals surface area contributed by atoms with E-state index in [-0.39, 0.29) is 5.02 Å². The molecule has 200 valence electrons. The normalized spacial score (nSPS) is 13.5. The summed E-state index contributed by atoms with van der Waals surface area (Å²) >= 11 is 7.64. The Kier molecular flexibility index (Phi) is 17.3. The second-order valence-electron chi connectivity index (χ2n) is 7.75. The van der Waals surface area contributed by atoms with Gasteiger partial charge in [-0.2, -0.15) is 13.2 Å². The number of hydrogen-bond donors (Lipinski definition) is 0. The molecule has 3 rings (SSSR count). The molecule has 0 aliphatic carbocycles. The first-order valence-corrected chi connectivity index (χ1v) is 14.0. The van der Waals surface area contributed by atoms with Gasteiger partial charge in [0.15, 0.2) is 0 Å². The van der Waals surface area contributed by atoms with Crippen molar-refractivity contribution in [2.45, 2.75) is 85.7 Å². The predicted octanol–water partition coefficient (Wildman–Crippen LogP) is 9.92. The maximum Gasteiger partial charge on any atom is 0.416 e. The lowest BCUT2D eigenvalue weighted by atomic mass is 10.0. The molecule has 0 aromatic heterocycles. The van der Waals surface area contributed by atoms with Crippen LogP contribution in [-0.2, 0) is 12.6 Å². The molecule has 0 radical (unpaired) electrons. The Morgan fingerprint density at radius 3 is 1.97 bits per heavy atom. The van der Waals surface area contributed by atoms with E-state index in [1.807, 2.05) is 32.6 Å². The van der Waals surface area contributed by atoms with Crippen LogP contribution in [0.4, 0.5) is 18.9 Å². The van der Waals surface area contributed by atoms with Crippen molar-refractivity contribution in [3.63, 3.8) is 0 Å². The van der Waals surface area contributed by atoms with Crippen LogP contribution in [0.25, 0.3) is 0 Å². The number of nitrogens with zero attached hydrogens (tertiary/aromatic N) is 2. The van der Waals surface area contributed by atoms with E-state index >= 15 is 0 Å². The third-order valence-electron chi connectivity index (χ3n) is 4.89. The molecule has 2 nitrogen and oxygen atoms in total. The number of anilines is 1. The van der Waals surface area contributed by atoms with Crippen LogP contribution in [0.15, 0.2) is 41.3 Å². The standard InChI is InChI=1S/C21H24ClF3N2S.C3H8.2C2H6/c1-3-4-16-11-20(6-5-15(16)2)28-27-9-7-26(8-10-27)19-13-17(21(23,24)25)12-18(22)14-19;1-3-2;2*1-2/h5-6,11-14H,3-4,7-10H2,1-2H3;3H2,1-2H3;2*1-2H3. The first kappa shape index (κ1) is 33.6. The van der Waals surface area contributed by atoms with Gasteiger partial charge in [-0.05, 0) is 66.8 Å². The van der Waals surface area contributed by atoms with Crippen LogP contribution in [0, 0.1) is 6.92 Å². The monoisotopic (exact) mass is 532 g/mol. The molecule has 0 bridgehead atoms. The fraction of sp³-hybridized carbons (Fsp3) is 0.571.